The number of carbonyl (C=O) groups excluding carboxylic acids is 1. The van der Waals surface area contributed by atoms with Crippen LogP contribution in [0.4, 0.5) is 8.78 Å². The monoisotopic (exact) mass is 268 g/mol. The van der Waals surface area contributed by atoms with E-state index in [1.165, 1.54) is 24.3 Å². The Hall–Kier alpha value is -1.49. The zero-order valence-electron chi connectivity index (χ0n) is 10.8. The van der Waals surface area contributed by atoms with Gasteiger partial charge in [0.2, 0.25) is 0 Å². The van der Waals surface area contributed by atoms with Crippen LogP contribution < -0.4 is 10.6 Å². The van der Waals surface area contributed by atoms with E-state index in [-0.39, 0.29) is 17.6 Å². The van der Waals surface area contributed by atoms with Gasteiger partial charge in [-0.25, -0.2) is 0 Å². The van der Waals surface area contributed by atoms with Crippen LogP contribution in [0.25, 0.3) is 0 Å². The first-order chi connectivity index (χ1) is 9.00. The number of nitrogens with one attached hydrogen (secondary N) is 2. The van der Waals surface area contributed by atoms with E-state index >= 15 is 0 Å². The zero-order valence-corrected chi connectivity index (χ0v) is 10.8. The number of hydrogen-bond acceptors (Lipinski definition) is 2. The first-order valence-electron chi connectivity index (χ1n) is 6.48. The number of carbonyl (C=O) groups is 1. The predicted molar refractivity (Wildman–Crippen MR) is 69.0 cm³/mol. The maximum absolute atomic E-state index is 14.0. The van der Waals surface area contributed by atoms with Crippen molar-refractivity contribution in [1.82, 2.24) is 10.6 Å². The average Bonchev–Trinajstić information content (AvgIpc) is 2.39. The molecule has 3 nitrogen and oxygen atoms in total. The fourth-order valence-corrected chi connectivity index (χ4v) is 2.32. The van der Waals surface area contributed by atoms with E-state index in [0.717, 1.165) is 6.54 Å². The van der Waals surface area contributed by atoms with Gasteiger partial charge in [0.05, 0.1) is 0 Å². The normalized spacial score (nSPS) is 23.9. The van der Waals surface area contributed by atoms with Gasteiger partial charge >= 0.3 is 5.92 Å². The summed E-state index contributed by atoms with van der Waals surface area (Å²) in [6.45, 7) is 2.72. The lowest BCUT2D eigenvalue weighted by Gasteiger charge is -2.30. The van der Waals surface area contributed by atoms with Gasteiger partial charge in [-0.15, -0.1) is 0 Å². The summed E-state index contributed by atoms with van der Waals surface area (Å²) in [4.78, 5) is 11.8. The third kappa shape index (κ3) is 3.29. The van der Waals surface area contributed by atoms with Crippen molar-refractivity contribution in [2.75, 3.05) is 6.54 Å². The summed E-state index contributed by atoms with van der Waals surface area (Å²) in [6.07, 6.45) is 1.36. The van der Waals surface area contributed by atoms with Crippen LogP contribution in [-0.4, -0.2) is 24.5 Å². The van der Waals surface area contributed by atoms with Crippen LogP contribution in [0.5, 0.6) is 0 Å². The third-order valence-electron chi connectivity index (χ3n) is 3.38. The molecule has 0 bridgehead atoms. The second-order valence-electron chi connectivity index (χ2n) is 4.99. The number of piperidine rings is 1. The second kappa shape index (κ2) is 5.65. The molecule has 19 heavy (non-hydrogen) atoms. The molecule has 1 amide bonds. The molecule has 0 saturated carbocycles. The van der Waals surface area contributed by atoms with E-state index in [0.29, 0.717) is 12.8 Å². The molecular formula is C14H18F2N2O. The Kier molecular flexibility index (Phi) is 4.14. The summed E-state index contributed by atoms with van der Waals surface area (Å²) >= 11 is 0. The molecule has 0 aromatic heterocycles. The number of alkyl halides is 2. The highest BCUT2D eigenvalue weighted by atomic mass is 19.3. The van der Waals surface area contributed by atoms with Crippen LogP contribution in [-0.2, 0) is 10.7 Å². The molecule has 0 radical (unpaired) electrons. The van der Waals surface area contributed by atoms with E-state index in [4.69, 9.17) is 0 Å². The lowest BCUT2D eigenvalue weighted by atomic mass is 9.99. The number of hydrogen-bond donors (Lipinski definition) is 2. The first kappa shape index (κ1) is 13.9. The molecule has 104 valence electrons. The summed E-state index contributed by atoms with van der Waals surface area (Å²) in [7, 11) is 0. The van der Waals surface area contributed by atoms with Crippen LogP contribution >= 0.6 is 0 Å². The fourth-order valence-electron chi connectivity index (χ4n) is 2.32. The number of rotatable bonds is 3. The van der Waals surface area contributed by atoms with Crippen molar-refractivity contribution in [1.29, 1.82) is 0 Å². The third-order valence-corrected chi connectivity index (χ3v) is 3.38. The summed E-state index contributed by atoms with van der Waals surface area (Å²) in [5.74, 6) is -4.69. The van der Waals surface area contributed by atoms with Crippen molar-refractivity contribution < 1.29 is 13.6 Å². The van der Waals surface area contributed by atoms with Gasteiger partial charge < -0.3 is 10.6 Å². The van der Waals surface area contributed by atoms with Crippen LogP contribution in [0.3, 0.4) is 0 Å². The van der Waals surface area contributed by atoms with Gasteiger partial charge in [-0.3, -0.25) is 4.79 Å². The van der Waals surface area contributed by atoms with Crippen LogP contribution in [0.15, 0.2) is 30.3 Å². The quantitative estimate of drug-likeness (QED) is 0.880. The lowest BCUT2D eigenvalue weighted by Crippen LogP contribution is -2.50. The topological polar surface area (TPSA) is 41.1 Å². The number of benzene rings is 1. The molecule has 1 aliphatic rings. The molecule has 0 spiro atoms. The van der Waals surface area contributed by atoms with Crippen molar-refractivity contribution in [3.8, 4) is 0 Å². The molecule has 1 aromatic carbocycles. The Balaban J connectivity index is 2.02. The van der Waals surface area contributed by atoms with E-state index < -0.39 is 11.8 Å². The van der Waals surface area contributed by atoms with Crippen molar-refractivity contribution >= 4 is 5.91 Å². The molecule has 2 N–H and O–H groups in total. The molecule has 1 heterocycles. The Morgan fingerprint density at radius 2 is 2.05 bits per heavy atom. The first-order valence-corrected chi connectivity index (χ1v) is 6.48. The Labute approximate surface area is 111 Å². The molecule has 1 aromatic rings. The SMILES string of the molecule is CC1CC(NC(=O)C(F)(F)c2ccccc2)CCN1. The Morgan fingerprint density at radius 3 is 2.68 bits per heavy atom. The molecule has 1 aliphatic heterocycles. The Morgan fingerprint density at radius 1 is 1.37 bits per heavy atom. The molecular weight excluding hydrogens is 250 g/mol. The fraction of sp³-hybridized carbons (Fsp3) is 0.500. The van der Waals surface area contributed by atoms with E-state index in [9.17, 15) is 13.6 Å². The molecule has 2 atom stereocenters. The Bertz CT molecular complexity index is 436. The molecule has 2 unspecified atom stereocenters. The van der Waals surface area contributed by atoms with E-state index in [1.807, 2.05) is 6.92 Å². The smallest absolute Gasteiger partial charge is 0.348 e. The highest BCUT2D eigenvalue weighted by Gasteiger charge is 2.41. The van der Waals surface area contributed by atoms with Gasteiger partial charge in [0.15, 0.2) is 0 Å². The van der Waals surface area contributed by atoms with Crippen LogP contribution in [0, 0.1) is 0 Å². The minimum absolute atomic E-state index is 0.182. The highest BCUT2D eigenvalue weighted by Crippen LogP contribution is 2.28. The van der Waals surface area contributed by atoms with Gasteiger partial charge in [0.25, 0.3) is 5.91 Å². The summed E-state index contributed by atoms with van der Waals surface area (Å²) in [5, 5.41) is 5.68. The number of amides is 1. The highest BCUT2D eigenvalue weighted by molar-refractivity contribution is 5.85. The average molecular weight is 268 g/mol. The summed E-state index contributed by atoms with van der Waals surface area (Å²) in [5.41, 5.74) is -0.269. The van der Waals surface area contributed by atoms with Crippen molar-refractivity contribution in [3.05, 3.63) is 35.9 Å². The minimum atomic E-state index is -3.48. The van der Waals surface area contributed by atoms with Gasteiger partial charge in [0.1, 0.15) is 0 Å². The van der Waals surface area contributed by atoms with E-state index in [2.05, 4.69) is 10.6 Å². The zero-order chi connectivity index (χ0) is 13.9. The molecule has 2 rings (SSSR count). The largest absolute Gasteiger partial charge is 0.349 e. The maximum atomic E-state index is 14.0. The standard InChI is InChI=1S/C14H18F2N2O/c1-10-9-12(7-8-17-10)18-13(19)14(15,16)11-5-3-2-4-6-11/h2-6,10,12,17H,7-9H2,1H3,(H,18,19). The summed E-state index contributed by atoms with van der Waals surface area (Å²) in [6, 6.07) is 7.25. The molecule has 5 heteroatoms. The van der Waals surface area contributed by atoms with Gasteiger partial charge in [0, 0.05) is 17.6 Å². The van der Waals surface area contributed by atoms with Crippen molar-refractivity contribution in [3.63, 3.8) is 0 Å². The van der Waals surface area contributed by atoms with Crippen molar-refractivity contribution in [2.45, 2.75) is 37.8 Å². The number of halogens is 2. The van der Waals surface area contributed by atoms with Crippen LogP contribution in [0.2, 0.25) is 0 Å². The minimum Gasteiger partial charge on any atom is -0.348 e. The van der Waals surface area contributed by atoms with Gasteiger partial charge in [-0.2, -0.15) is 8.78 Å². The molecule has 1 fully saturated rings. The predicted octanol–water partition coefficient (Wildman–Crippen LogP) is 2.04. The molecule has 0 aliphatic carbocycles. The maximum Gasteiger partial charge on any atom is 0.349 e. The van der Waals surface area contributed by atoms with Crippen molar-refractivity contribution in [2.24, 2.45) is 0 Å². The summed E-state index contributed by atoms with van der Waals surface area (Å²) < 4.78 is 27.9. The van der Waals surface area contributed by atoms with Crippen LogP contribution in [0.1, 0.15) is 25.3 Å². The lowest BCUT2D eigenvalue weighted by molar-refractivity contribution is -0.148. The molecule has 1 saturated heterocycles. The van der Waals surface area contributed by atoms with Gasteiger partial charge in [-0.1, -0.05) is 30.3 Å². The second-order valence-corrected chi connectivity index (χ2v) is 4.99. The van der Waals surface area contributed by atoms with E-state index in [1.54, 1.807) is 6.07 Å². The van der Waals surface area contributed by atoms with Gasteiger partial charge in [-0.05, 0) is 26.3 Å².